The fraction of sp³-hybridized carbons (Fsp3) is 0. The Morgan fingerprint density at radius 2 is 0.980 bits per heavy atom. The zero-order chi connectivity index (χ0) is 33.0. The summed E-state index contributed by atoms with van der Waals surface area (Å²) >= 11 is 1.73. The van der Waals surface area contributed by atoms with Crippen molar-refractivity contribution in [2.75, 3.05) is 0 Å². The van der Waals surface area contributed by atoms with Crippen molar-refractivity contribution in [2.45, 2.75) is 0 Å². The molecular formula is C44H26N4OS. The molecule has 0 aliphatic rings. The second kappa shape index (κ2) is 11.6. The summed E-state index contributed by atoms with van der Waals surface area (Å²) < 4.78 is 8.68. The van der Waals surface area contributed by atoms with Gasteiger partial charge in [-0.25, -0.2) is 19.9 Å². The molecule has 0 amide bonds. The molecule has 0 aliphatic carbocycles. The number of oxazole rings is 1. The first-order valence-electron chi connectivity index (χ1n) is 16.5. The van der Waals surface area contributed by atoms with Crippen molar-refractivity contribution in [3.05, 3.63) is 158 Å². The molecule has 3 aromatic heterocycles. The highest BCUT2D eigenvalue weighted by atomic mass is 32.1. The Kier molecular flexibility index (Phi) is 6.60. The highest BCUT2D eigenvalue weighted by Crippen LogP contribution is 2.41. The lowest BCUT2D eigenvalue weighted by Crippen LogP contribution is -2.00. The van der Waals surface area contributed by atoms with Crippen LogP contribution in [-0.2, 0) is 0 Å². The van der Waals surface area contributed by atoms with Crippen LogP contribution in [0, 0.1) is 0 Å². The molecule has 0 radical (unpaired) electrons. The number of nitrogens with zero attached hydrogens (tertiary/aromatic N) is 4. The first-order chi connectivity index (χ1) is 24.7. The average molecular weight is 659 g/mol. The zero-order valence-corrected chi connectivity index (χ0v) is 27.4. The van der Waals surface area contributed by atoms with Gasteiger partial charge in [-0.1, -0.05) is 115 Å². The Hall–Kier alpha value is -6.50. The van der Waals surface area contributed by atoms with Gasteiger partial charge in [0.2, 0.25) is 5.89 Å². The number of fused-ring (bicyclic) bond motifs is 6. The van der Waals surface area contributed by atoms with E-state index in [1.54, 1.807) is 11.3 Å². The molecule has 5 nitrogen and oxygen atoms in total. The minimum absolute atomic E-state index is 0.625. The average Bonchev–Trinajstić information content (AvgIpc) is 3.80. The standard InChI is InChI=1S/C44H26N4OS/c1-4-10-27(11-5-1)31-18-16-28-17-19-32(25-34(28)24-31)42-46-41(29-12-6-2-7-13-29)47-43(48-42)33-20-21-35-38(26-33)50-37-23-22-36-40(39(35)37)49-44(45-36)30-14-8-3-9-15-30/h1-26H. The van der Waals surface area contributed by atoms with Gasteiger partial charge in [0, 0.05) is 42.4 Å². The maximum Gasteiger partial charge on any atom is 0.227 e. The van der Waals surface area contributed by atoms with E-state index in [1.807, 2.05) is 72.8 Å². The molecule has 0 N–H and O–H groups in total. The molecule has 0 atom stereocenters. The van der Waals surface area contributed by atoms with Crippen LogP contribution in [-0.4, -0.2) is 19.9 Å². The fourth-order valence-corrected chi connectivity index (χ4v) is 7.78. The van der Waals surface area contributed by atoms with Crippen LogP contribution >= 0.6 is 11.3 Å². The van der Waals surface area contributed by atoms with Gasteiger partial charge in [-0.3, -0.25) is 0 Å². The molecule has 50 heavy (non-hydrogen) atoms. The normalized spacial score (nSPS) is 11.6. The van der Waals surface area contributed by atoms with E-state index in [1.165, 1.54) is 11.1 Å². The molecule has 234 valence electrons. The minimum atomic E-state index is 0.625. The molecule has 0 spiro atoms. The number of benzene rings is 7. The van der Waals surface area contributed by atoms with Gasteiger partial charge in [-0.05, 0) is 64.4 Å². The molecule has 0 saturated carbocycles. The largest absolute Gasteiger partial charge is 0.435 e. The molecule has 0 saturated heterocycles. The predicted octanol–water partition coefficient (Wildman–Crippen LogP) is 11.9. The molecule has 6 heteroatoms. The van der Waals surface area contributed by atoms with Crippen molar-refractivity contribution >= 4 is 53.4 Å². The third kappa shape index (κ3) is 4.93. The molecule has 10 rings (SSSR count). The Morgan fingerprint density at radius 3 is 1.70 bits per heavy atom. The molecule has 0 aliphatic heterocycles. The Labute approximate surface area is 291 Å². The van der Waals surface area contributed by atoms with Crippen molar-refractivity contribution in [2.24, 2.45) is 0 Å². The Morgan fingerprint density at radius 1 is 0.400 bits per heavy atom. The summed E-state index contributed by atoms with van der Waals surface area (Å²) in [5, 5.41) is 4.50. The third-order valence-electron chi connectivity index (χ3n) is 9.14. The molecule has 10 aromatic rings. The number of hydrogen-bond donors (Lipinski definition) is 0. The molecule has 0 bridgehead atoms. The molecule has 7 aromatic carbocycles. The summed E-state index contributed by atoms with van der Waals surface area (Å²) in [5.74, 6) is 2.52. The SMILES string of the molecule is c1ccc(-c2ccc3ccc(-c4nc(-c5ccccc5)nc(-c5ccc6c(c5)sc5ccc7nc(-c8ccccc8)oc7c56)n4)cc3c2)cc1. The third-order valence-corrected chi connectivity index (χ3v) is 10.3. The maximum atomic E-state index is 6.40. The van der Waals surface area contributed by atoms with Gasteiger partial charge in [0.15, 0.2) is 23.1 Å². The van der Waals surface area contributed by atoms with Gasteiger partial charge in [0.1, 0.15) is 5.52 Å². The predicted molar refractivity (Wildman–Crippen MR) is 205 cm³/mol. The van der Waals surface area contributed by atoms with Crippen LogP contribution in [0.15, 0.2) is 162 Å². The van der Waals surface area contributed by atoms with E-state index in [4.69, 9.17) is 24.4 Å². The Balaban J connectivity index is 1.11. The van der Waals surface area contributed by atoms with Crippen molar-refractivity contribution < 1.29 is 4.42 Å². The van der Waals surface area contributed by atoms with Crippen LogP contribution in [0.5, 0.6) is 0 Å². The van der Waals surface area contributed by atoms with Crippen LogP contribution in [0.25, 0.3) is 98.8 Å². The van der Waals surface area contributed by atoms with Crippen molar-refractivity contribution in [3.63, 3.8) is 0 Å². The molecule has 0 fully saturated rings. The first-order valence-corrected chi connectivity index (χ1v) is 17.3. The number of aromatic nitrogens is 4. The summed E-state index contributed by atoms with van der Waals surface area (Å²) in [6.07, 6.45) is 0. The summed E-state index contributed by atoms with van der Waals surface area (Å²) in [7, 11) is 0. The van der Waals surface area contributed by atoms with Crippen LogP contribution in [0.1, 0.15) is 0 Å². The topological polar surface area (TPSA) is 64.7 Å². The first kappa shape index (κ1) is 28.5. The highest BCUT2D eigenvalue weighted by molar-refractivity contribution is 7.26. The van der Waals surface area contributed by atoms with Crippen LogP contribution < -0.4 is 0 Å². The van der Waals surface area contributed by atoms with E-state index in [0.717, 1.165) is 64.3 Å². The highest BCUT2D eigenvalue weighted by Gasteiger charge is 2.18. The second-order valence-electron chi connectivity index (χ2n) is 12.3. The van der Waals surface area contributed by atoms with Gasteiger partial charge in [0.05, 0.1) is 0 Å². The van der Waals surface area contributed by atoms with Crippen molar-refractivity contribution in [3.8, 4) is 56.7 Å². The van der Waals surface area contributed by atoms with Crippen LogP contribution in [0.2, 0.25) is 0 Å². The van der Waals surface area contributed by atoms with Gasteiger partial charge >= 0.3 is 0 Å². The Bertz CT molecular complexity index is 2860. The summed E-state index contributed by atoms with van der Waals surface area (Å²) in [6.45, 7) is 0. The van der Waals surface area contributed by atoms with Crippen molar-refractivity contribution in [1.29, 1.82) is 0 Å². The zero-order valence-electron chi connectivity index (χ0n) is 26.6. The van der Waals surface area contributed by atoms with Gasteiger partial charge in [-0.2, -0.15) is 0 Å². The monoisotopic (exact) mass is 658 g/mol. The number of hydrogen-bond acceptors (Lipinski definition) is 6. The van der Waals surface area contributed by atoms with E-state index in [9.17, 15) is 0 Å². The van der Waals surface area contributed by atoms with Crippen LogP contribution in [0.3, 0.4) is 0 Å². The summed E-state index contributed by atoms with van der Waals surface area (Å²) in [5.41, 5.74) is 7.78. The smallest absolute Gasteiger partial charge is 0.227 e. The fourth-order valence-electron chi connectivity index (χ4n) is 6.64. The summed E-state index contributed by atoms with van der Waals surface area (Å²) in [6, 6.07) is 54.2. The van der Waals surface area contributed by atoms with Gasteiger partial charge in [-0.15, -0.1) is 11.3 Å². The second-order valence-corrected chi connectivity index (χ2v) is 13.4. The van der Waals surface area contributed by atoms with E-state index in [2.05, 4.69) is 84.9 Å². The van der Waals surface area contributed by atoms with Gasteiger partial charge < -0.3 is 4.42 Å². The van der Waals surface area contributed by atoms with Gasteiger partial charge in [0.25, 0.3) is 0 Å². The maximum absolute atomic E-state index is 6.40. The minimum Gasteiger partial charge on any atom is -0.435 e. The molecule has 3 heterocycles. The van der Waals surface area contributed by atoms with E-state index in [0.29, 0.717) is 23.4 Å². The van der Waals surface area contributed by atoms with Crippen LogP contribution in [0.4, 0.5) is 0 Å². The summed E-state index contributed by atoms with van der Waals surface area (Å²) in [4.78, 5) is 19.9. The van der Waals surface area contributed by atoms with E-state index in [-0.39, 0.29) is 0 Å². The lowest BCUT2D eigenvalue weighted by Gasteiger charge is -2.10. The van der Waals surface area contributed by atoms with Crippen molar-refractivity contribution in [1.82, 2.24) is 19.9 Å². The van der Waals surface area contributed by atoms with E-state index < -0.39 is 0 Å². The lowest BCUT2D eigenvalue weighted by molar-refractivity contribution is 0.623. The lowest BCUT2D eigenvalue weighted by atomic mass is 10.00. The molecule has 0 unspecified atom stereocenters. The number of thiophene rings is 1. The number of rotatable bonds is 5. The molecular weight excluding hydrogens is 633 g/mol. The van der Waals surface area contributed by atoms with E-state index >= 15 is 0 Å². The quantitative estimate of drug-likeness (QED) is 0.184.